The van der Waals surface area contributed by atoms with Gasteiger partial charge in [-0.1, -0.05) is 35.9 Å². The van der Waals surface area contributed by atoms with Gasteiger partial charge in [0.25, 0.3) is 0 Å². The van der Waals surface area contributed by atoms with Gasteiger partial charge < -0.3 is 14.7 Å². The van der Waals surface area contributed by atoms with Crippen LogP contribution in [0.4, 0.5) is 0 Å². The fourth-order valence-corrected chi connectivity index (χ4v) is 6.07. The maximum absolute atomic E-state index is 13.6. The molecule has 0 fully saturated rings. The summed E-state index contributed by atoms with van der Waals surface area (Å²) in [5, 5.41) is 9.61. The van der Waals surface area contributed by atoms with Gasteiger partial charge in [0.2, 0.25) is 5.91 Å². The molecular weight excluding hydrogens is 460 g/mol. The normalized spacial score (nSPS) is 17.5. The van der Waals surface area contributed by atoms with Crippen LogP contribution in [0.2, 0.25) is 5.02 Å². The number of ether oxygens (including phenoxy) is 1. The number of aliphatic carboxylic acids is 1. The summed E-state index contributed by atoms with van der Waals surface area (Å²) in [5.74, 6) is -0.285. The largest absolute Gasteiger partial charge is 0.482 e. The van der Waals surface area contributed by atoms with Crippen molar-refractivity contribution in [2.75, 3.05) is 13.2 Å². The molecular formula is C25H23ClN2O4S. The quantitative estimate of drug-likeness (QED) is 0.558. The molecule has 6 nitrogen and oxygen atoms in total. The van der Waals surface area contributed by atoms with Crippen molar-refractivity contribution in [3.8, 4) is 5.75 Å². The van der Waals surface area contributed by atoms with E-state index in [0.29, 0.717) is 35.7 Å². The van der Waals surface area contributed by atoms with Gasteiger partial charge in [-0.05, 0) is 48.1 Å². The Hall–Kier alpha value is -2.90. The second-order valence-corrected chi connectivity index (χ2v) is 9.84. The zero-order chi connectivity index (χ0) is 22.9. The Morgan fingerprint density at radius 1 is 1.18 bits per heavy atom. The smallest absolute Gasteiger partial charge is 0.341 e. The lowest BCUT2D eigenvalue weighted by Gasteiger charge is -2.36. The van der Waals surface area contributed by atoms with Gasteiger partial charge in [0.1, 0.15) is 5.75 Å². The molecule has 1 unspecified atom stereocenters. The third kappa shape index (κ3) is 4.48. The predicted octanol–water partition coefficient (Wildman–Crippen LogP) is 4.54. The highest BCUT2D eigenvalue weighted by Crippen LogP contribution is 2.43. The van der Waals surface area contributed by atoms with Crippen LogP contribution >= 0.6 is 22.9 Å². The molecule has 1 aromatic heterocycles. The van der Waals surface area contributed by atoms with E-state index < -0.39 is 18.6 Å². The molecule has 1 N–H and O–H groups in total. The first-order valence-electron chi connectivity index (χ1n) is 10.9. The van der Waals surface area contributed by atoms with Crippen molar-refractivity contribution in [3.05, 3.63) is 80.3 Å². The summed E-state index contributed by atoms with van der Waals surface area (Å²) in [7, 11) is 0. The van der Waals surface area contributed by atoms with E-state index in [2.05, 4.69) is 17.1 Å². The van der Waals surface area contributed by atoms with Crippen molar-refractivity contribution in [1.82, 2.24) is 9.88 Å². The second kappa shape index (κ2) is 9.15. The predicted molar refractivity (Wildman–Crippen MR) is 126 cm³/mol. The number of rotatable bonds is 6. The minimum atomic E-state index is -1.06. The van der Waals surface area contributed by atoms with Crippen LogP contribution in [0.25, 0.3) is 0 Å². The van der Waals surface area contributed by atoms with Gasteiger partial charge in [0.15, 0.2) is 6.61 Å². The number of halogens is 1. The van der Waals surface area contributed by atoms with E-state index in [0.717, 1.165) is 23.4 Å². The van der Waals surface area contributed by atoms with Crippen molar-refractivity contribution in [1.29, 1.82) is 0 Å². The first-order valence-corrected chi connectivity index (χ1v) is 12.2. The Balaban J connectivity index is 1.45. The Kier molecular flexibility index (Phi) is 6.08. The number of aromatic nitrogens is 1. The molecule has 8 heteroatoms. The third-order valence-electron chi connectivity index (χ3n) is 6.36. The highest BCUT2D eigenvalue weighted by Gasteiger charge is 2.37. The van der Waals surface area contributed by atoms with Crippen LogP contribution in [-0.2, 0) is 28.9 Å². The highest BCUT2D eigenvalue weighted by molar-refractivity contribution is 7.09. The minimum absolute atomic E-state index is 0.0843. The molecule has 0 spiro atoms. The van der Waals surface area contributed by atoms with E-state index in [1.54, 1.807) is 23.7 Å². The number of carbonyl (C=O) groups is 2. The molecule has 33 heavy (non-hydrogen) atoms. The van der Waals surface area contributed by atoms with Gasteiger partial charge >= 0.3 is 5.97 Å². The van der Waals surface area contributed by atoms with Crippen LogP contribution in [0.15, 0.2) is 48.0 Å². The van der Waals surface area contributed by atoms with Crippen LogP contribution in [0.3, 0.4) is 0 Å². The third-order valence-corrected chi connectivity index (χ3v) is 7.52. The SMILES string of the molecule is O=C(O)COc1ccc(Cl)cc1C1c2scnc2CCN1C(=O)CC1Cc2ccccc2C1. The molecule has 1 aliphatic carbocycles. The van der Waals surface area contributed by atoms with Gasteiger partial charge in [-0.2, -0.15) is 0 Å². The molecule has 170 valence electrons. The molecule has 0 saturated heterocycles. The van der Waals surface area contributed by atoms with Gasteiger partial charge in [-0.25, -0.2) is 9.78 Å². The molecule has 1 aliphatic heterocycles. The van der Waals surface area contributed by atoms with Crippen LogP contribution in [0.1, 0.15) is 39.7 Å². The topological polar surface area (TPSA) is 79.7 Å². The van der Waals surface area contributed by atoms with Gasteiger partial charge in [0.05, 0.1) is 22.1 Å². The fraction of sp³-hybridized carbons (Fsp3) is 0.320. The number of carboxylic acid groups (broad SMARTS) is 1. The van der Waals surface area contributed by atoms with Crippen molar-refractivity contribution in [2.45, 2.75) is 31.7 Å². The monoisotopic (exact) mass is 482 g/mol. The van der Waals surface area contributed by atoms with E-state index in [9.17, 15) is 9.59 Å². The average Bonchev–Trinajstić information content (AvgIpc) is 3.43. The number of fused-ring (bicyclic) bond motifs is 2. The summed E-state index contributed by atoms with van der Waals surface area (Å²) in [6.07, 6.45) is 2.98. The zero-order valence-corrected chi connectivity index (χ0v) is 19.4. The molecule has 0 saturated carbocycles. The van der Waals surface area contributed by atoms with Crippen LogP contribution in [0.5, 0.6) is 5.75 Å². The van der Waals surface area contributed by atoms with E-state index in [4.69, 9.17) is 21.4 Å². The Bertz CT molecular complexity index is 1190. The number of amides is 1. The maximum atomic E-state index is 13.6. The van der Waals surface area contributed by atoms with E-state index in [-0.39, 0.29) is 11.8 Å². The zero-order valence-electron chi connectivity index (χ0n) is 17.9. The Morgan fingerprint density at radius 3 is 2.67 bits per heavy atom. The minimum Gasteiger partial charge on any atom is -0.482 e. The lowest BCUT2D eigenvalue weighted by molar-refractivity contribution is -0.139. The van der Waals surface area contributed by atoms with E-state index in [1.807, 2.05) is 17.0 Å². The number of nitrogens with zero attached hydrogens (tertiary/aromatic N) is 2. The van der Waals surface area contributed by atoms with Crippen molar-refractivity contribution >= 4 is 34.8 Å². The van der Waals surface area contributed by atoms with Crippen molar-refractivity contribution < 1.29 is 19.4 Å². The first-order chi connectivity index (χ1) is 16.0. The summed E-state index contributed by atoms with van der Waals surface area (Å²) < 4.78 is 5.59. The molecule has 1 atom stereocenters. The van der Waals surface area contributed by atoms with Gasteiger partial charge in [0, 0.05) is 30.0 Å². The Labute approximate surface area is 200 Å². The summed E-state index contributed by atoms with van der Waals surface area (Å²) in [6.45, 7) is 0.0793. The molecule has 0 bridgehead atoms. The summed E-state index contributed by atoms with van der Waals surface area (Å²) in [4.78, 5) is 32.1. The Morgan fingerprint density at radius 2 is 1.94 bits per heavy atom. The number of carboxylic acids is 1. The molecule has 2 aromatic carbocycles. The molecule has 5 rings (SSSR count). The van der Waals surface area contributed by atoms with Crippen molar-refractivity contribution in [3.63, 3.8) is 0 Å². The number of hydrogen-bond donors (Lipinski definition) is 1. The lowest BCUT2D eigenvalue weighted by Crippen LogP contribution is -2.41. The molecule has 3 aromatic rings. The molecule has 2 aliphatic rings. The number of benzene rings is 2. The second-order valence-electron chi connectivity index (χ2n) is 8.51. The standard InChI is InChI=1S/C25H23ClN2O4S/c26-18-5-6-21(32-13-23(30)31)19(12-18)24-25-20(27-14-33-25)7-8-28(24)22(29)11-15-9-16-3-1-2-4-17(16)10-15/h1-6,12,14-15,24H,7-11,13H2,(H,30,31). The first kappa shape index (κ1) is 21.9. The van der Waals surface area contributed by atoms with Gasteiger partial charge in [-0.15, -0.1) is 11.3 Å². The average molecular weight is 483 g/mol. The lowest BCUT2D eigenvalue weighted by atomic mass is 9.94. The summed E-state index contributed by atoms with van der Waals surface area (Å²) in [5.41, 5.74) is 6.11. The fourth-order valence-electron chi connectivity index (χ4n) is 4.93. The molecule has 0 radical (unpaired) electrons. The number of thiazole rings is 1. The summed E-state index contributed by atoms with van der Waals surface area (Å²) in [6, 6.07) is 13.1. The molecule has 2 heterocycles. The van der Waals surface area contributed by atoms with Gasteiger partial charge in [-0.3, -0.25) is 4.79 Å². The van der Waals surface area contributed by atoms with Crippen LogP contribution < -0.4 is 4.74 Å². The van der Waals surface area contributed by atoms with Crippen LogP contribution in [-0.4, -0.2) is 40.0 Å². The number of carbonyl (C=O) groups excluding carboxylic acids is 1. The summed E-state index contributed by atoms with van der Waals surface area (Å²) >= 11 is 7.83. The molecule has 1 amide bonds. The van der Waals surface area contributed by atoms with Crippen LogP contribution in [0, 0.1) is 5.92 Å². The van der Waals surface area contributed by atoms with E-state index in [1.165, 1.54) is 22.5 Å². The number of hydrogen-bond acceptors (Lipinski definition) is 5. The van der Waals surface area contributed by atoms with E-state index >= 15 is 0 Å². The highest BCUT2D eigenvalue weighted by atomic mass is 35.5. The van der Waals surface area contributed by atoms with Crippen molar-refractivity contribution in [2.24, 2.45) is 5.92 Å². The maximum Gasteiger partial charge on any atom is 0.341 e.